The third-order valence-electron chi connectivity index (χ3n) is 5.64. The summed E-state index contributed by atoms with van der Waals surface area (Å²) < 4.78 is 11.2. The lowest BCUT2D eigenvalue weighted by Gasteiger charge is -2.21. The van der Waals surface area contributed by atoms with Crippen molar-refractivity contribution in [2.24, 2.45) is 16.8 Å². The van der Waals surface area contributed by atoms with E-state index in [-0.39, 0.29) is 0 Å². The van der Waals surface area contributed by atoms with E-state index in [2.05, 4.69) is 50.9 Å². The van der Waals surface area contributed by atoms with E-state index in [0.717, 1.165) is 77.8 Å². The van der Waals surface area contributed by atoms with Gasteiger partial charge in [0.2, 0.25) is 0 Å². The molecule has 2 aliphatic heterocycles. The molecule has 156 valence electrons. The fourth-order valence-corrected chi connectivity index (χ4v) is 3.88. The summed E-state index contributed by atoms with van der Waals surface area (Å²) in [5.41, 5.74) is 1.33. The molecule has 2 aliphatic rings. The van der Waals surface area contributed by atoms with Gasteiger partial charge in [0.05, 0.1) is 0 Å². The molecule has 0 amide bonds. The summed E-state index contributed by atoms with van der Waals surface area (Å²) in [7, 11) is 1.84. The van der Waals surface area contributed by atoms with E-state index in [1.165, 1.54) is 12.1 Å². The molecule has 1 aromatic carbocycles. The van der Waals surface area contributed by atoms with Crippen LogP contribution in [0.5, 0.6) is 0 Å². The first-order chi connectivity index (χ1) is 13.8. The Balaban J connectivity index is 1.24. The fraction of sp³-hybridized carbons (Fsp3) is 0.682. The lowest BCUT2D eigenvalue weighted by Crippen LogP contribution is -2.40. The summed E-state index contributed by atoms with van der Waals surface area (Å²) in [6.07, 6.45) is 4.49. The van der Waals surface area contributed by atoms with Crippen molar-refractivity contribution in [3.63, 3.8) is 0 Å². The topological polar surface area (TPSA) is 58.1 Å². The minimum Gasteiger partial charge on any atom is -0.381 e. The SMILES string of the molecule is CN=C(NCCCOCC1CCOCC1)NCC1CCN(c2ccccc2)C1. The molecule has 2 fully saturated rings. The van der Waals surface area contributed by atoms with Crippen LogP contribution in [0, 0.1) is 11.8 Å². The highest BCUT2D eigenvalue weighted by Crippen LogP contribution is 2.22. The van der Waals surface area contributed by atoms with Crippen LogP contribution in [0.1, 0.15) is 25.7 Å². The molecule has 1 aromatic rings. The highest BCUT2D eigenvalue weighted by Gasteiger charge is 2.22. The van der Waals surface area contributed by atoms with Crippen molar-refractivity contribution in [1.82, 2.24) is 10.6 Å². The Morgan fingerprint density at radius 3 is 2.75 bits per heavy atom. The molecule has 6 heteroatoms. The normalized spacial score (nSPS) is 21.1. The molecule has 0 spiro atoms. The van der Waals surface area contributed by atoms with Crippen LogP contribution < -0.4 is 15.5 Å². The Bertz CT molecular complexity index is 575. The van der Waals surface area contributed by atoms with Crippen LogP contribution in [0.15, 0.2) is 35.3 Å². The van der Waals surface area contributed by atoms with Gasteiger partial charge in [-0.15, -0.1) is 0 Å². The van der Waals surface area contributed by atoms with E-state index in [1.54, 1.807) is 0 Å². The molecule has 0 bridgehead atoms. The summed E-state index contributed by atoms with van der Waals surface area (Å²) >= 11 is 0. The second kappa shape index (κ2) is 11.9. The maximum Gasteiger partial charge on any atom is 0.190 e. The van der Waals surface area contributed by atoms with Gasteiger partial charge in [-0.3, -0.25) is 4.99 Å². The minimum absolute atomic E-state index is 0.654. The predicted octanol–water partition coefficient (Wildman–Crippen LogP) is 2.51. The van der Waals surface area contributed by atoms with Gasteiger partial charge in [0.1, 0.15) is 0 Å². The standard InChI is InChI=1S/C22H36N4O2/c1-23-22(24-11-5-13-28-18-19-9-14-27-15-10-19)25-16-20-8-12-26(17-20)21-6-3-2-4-7-21/h2-4,6-7,19-20H,5,8-18H2,1H3,(H2,23,24,25). The molecule has 0 aliphatic carbocycles. The lowest BCUT2D eigenvalue weighted by molar-refractivity contribution is 0.0203. The van der Waals surface area contributed by atoms with Crippen LogP contribution in [0.4, 0.5) is 5.69 Å². The summed E-state index contributed by atoms with van der Waals surface area (Å²) in [5.74, 6) is 2.22. The molecule has 2 N–H and O–H groups in total. The van der Waals surface area contributed by atoms with Gasteiger partial charge in [-0.2, -0.15) is 0 Å². The molecule has 0 saturated carbocycles. The third-order valence-corrected chi connectivity index (χ3v) is 5.64. The van der Waals surface area contributed by atoms with Crippen molar-refractivity contribution >= 4 is 11.6 Å². The molecule has 1 unspecified atom stereocenters. The Hall–Kier alpha value is -1.79. The molecular weight excluding hydrogens is 352 g/mol. The summed E-state index contributed by atoms with van der Waals surface area (Å²) in [6.45, 7) is 7.54. The molecular formula is C22H36N4O2. The predicted molar refractivity (Wildman–Crippen MR) is 115 cm³/mol. The average molecular weight is 389 g/mol. The minimum atomic E-state index is 0.654. The van der Waals surface area contributed by atoms with Crippen LogP contribution in [0.2, 0.25) is 0 Å². The van der Waals surface area contributed by atoms with Crippen LogP contribution in [0.25, 0.3) is 0 Å². The van der Waals surface area contributed by atoms with Crippen molar-refractivity contribution in [3.05, 3.63) is 30.3 Å². The maximum atomic E-state index is 5.82. The van der Waals surface area contributed by atoms with Crippen LogP contribution in [-0.2, 0) is 9.47 Å². The summed E-state index contributed by atoms with van der Waals surface area (Å²) in [5, 5.41) is 6.88. The molecule has 2 saturated heterocycles. The maximum absolute atomic E-state index is 5.82. The zero-order chi connectivity index (χ0) is 19.4. The Morgan fingerprint density at radius 1 is 1.14 bits per heavy atom. The molecule has 0 radical (unpaired) electrons. The van der Waals surface area contributed by atoms with Crippen LogP contribution in [-0.4, -0.2) is 65.6 Å². The van der Waals surface area contributed by atoms with E-state index in [9.17, 15) is 0 Å². The number of ether oxygens (including phenoxy) is 2. The number of aliphatic imine (C=N–C) groups is 1. The van der Waals surface area contributed by atoms with Crippen LogP contribution in [0.3, 0.4) is 0 Å². The smallest absolute Gasteiger partial charge is 0.190 e. The first kappa shape index (κ1) is 20.9. The Morgan fingerprint density at radius 2 is 1.96 bits per heavy atom. The van der Waals surface area contributed by atoms with Crippen LogP contribution >= 0.6 is 0 Å². The van der Waals surface area contributed by atoms with Gasteiger partial charge in [0, 0.05) is 65.3 Å². The number of guanidine groups is 1. The number of hydrogen-bond acceptors (Lipinski definition) is 4. The fourth-order valence-electron chi connectivity index (χ4n) is 3.88. The van der Waals surface area contributed by atoms with Gasteiger partial charge in [-0.1, -0.05) is 18.2 Å². The monoisotopic (exact) mass is 388 g/mol. The number of hydrogen-bond donors (Lipinski definition) is 2. The molecule has 28 heavy (non-hydrogen) atoms. The molecule has 2 heterocycles. The highest BCUT2D eigenvalue weighted by molar-refractivity contribution is 5.79. The van der Waals surface area contributed by atoms with Gasteiger partial charge in [0.25, 0.3) is 0 Å². The van der Waals surface area contributed by atoms with E-state index < -0.39 is 0 Å². The zero-order valence-corrected chi connectivity index (χ0v) is 17.2. The molecule has 0 aromatic heterocycles. The largest absolute Gasteiger partial charge is 0.381 e. The molecule has 6 nitrogen and oxygen atoms in total. The van der Waals surface area contributed by atoms with E-state index in [0.29, 0.717) is 11.8 Å². The van der Waals surface area contributed by atoms with E-state index in [1.807, 2.05) is 7.05 Å². The number of nitrogens with one attached hydrogen (secondary N) is 2. The van der Waals surface area contributed by atoms with Crippen molar-refractivity contribution in [1.29, 1.82) is 0 Å². The van der Waals surface area contributed by atoms with Gasteiger partial charge >= 0.3 is 0 Å². The number of rotatable bonds is 9. The van der Waals surface area contributed by atoms with E-state index in [4.69, 9.17) is 9.47 Å². The first-order valence-electron chi connectivity index (χ1n) is 10.7. The highest BCUT2D eigenvalue weighted by atomic mass is 16.5. The number of nitrogens with zero attached hydrogens (tertiary/aromatic N) is 2. The van der Waals surface area contributed by atoms with Crippen molar-refractivity contribution in [3.8, 4) is 0 Å². The zero-order valence-electron chi connectivity index (χ0n) is 17.2. The quantitative estimate of drug-likeness (QED) is 0.387. The number of para-hydroxylation sites is 1. The van der Waals surface area contributed by atoms with Crippen molar-refractivity contribution < 1.29 is 9.47 Å². The lowest BCUT2D eigenvalue weighted by atomic mass is 10.0. The summed E-state index contributed by atoms with van der Waals surface area (Å²) in [6, 6.07) is 10.7. The van der Waals surface area contributed by atoms with Gasteiger partial charge < -0.3 is 25.0 Å². The molecule has 1 atom stereocenters. The van der Waals surface area contributed by atoms with Gasteiger partial charge in [0.15, 0.2) is 5.96 Å². The van der Waals surface area contributed by atoms with E-state index >= 15 is 0 Å². The summed E-state index contributed by atoms with van der Waals surface area (Å²) in [4.78, 5) is 6.81. The third kappa shape index (κ3) is 6.99. The number of anilines is 1. The Labute approximate surface area is 169 Å². The number of benzene rings is 1. The second-order valence-corrected chi connectivity index (χ2v) is 7.80. The van der Waals surface area contributed by atoms with Crippen molar-refractivity contribution in [2.75, 3.05) is 64.6 Å². The average Bonchev–Trinajstić information content (AvgIpc) is 3.23. The van der Waals surface area contributed by atoms with Gasteiger partial charge in [-0.25, -0.2) is 0 Å². The first-order valence-corrected chi connectivity index (χ1v) is 10.7. The van der Waals surface area contributed by atoms with Gasteiger partial charge in [-0.05, 0) is 49.7 Å². The second-order valence-electron chi connectivity index (χ2n) is 7.80. The van der Waals surface area contributed by atoms with Crippen molar-refractivity contribution in [2.45, 2.75) is 25.7 Å². The Kier molecular flexibility index (Phi) is 8.91. The molecule has 3 rings (SSSR count).